The molecule has 0 unspecified atom stereocenters. The number of likely N-dealkylation sites (tertiary alicyclic amines) is 1. The van der Waals surface area contributed by atoms with E-state index in [9.17, 15) is 13.2 Å². The lowest BCUT2D eigenvalue weighted by molar-refractivity contribution is -0.135. The summed E-state index contributed by atoms with van der Waals surface area (Å²) in [6.45, 7) is 4.38. The molecule has 5 nitrogen and oxygen atoms in total. The highest BCUT2D eigenvalue weighted by molar-refractivity contribution is 7.89. The summed E-state index contributed by atoms with van der Waals surface area (Å²) < 4.78 is 27.1. The summed E-state index contributed by atoms with van der Waals surface area (Å²) in [7, 11) is -3.51. The number of benzene rings is 1. The molecule has 2 aliphatic rings. The first-order valence-corrected chi connectivity index (χ1v) is 9.78. The molecule has 0 bridgehead atoms. The van der Waals surface area contributed by atoms with Crippen LogP contribution in [0, 0.1) is 12.8 Å². The van der Waals surface area contributed by atoms with Crippen molar-refractivity contribution < 1.29 is 13.2 Å². The van der Waals surface area contributed by atoms with Gasteiger partial charge in [-0.3, -0.25) is 4.79 Å². The zero-order valence-corrected chi connectivity index (χ0v) is 14.4. The molecule has 0 N–H and O–H groups in total. The van der Waals surface area contributed by atoms with Crippen LogP contribution in [-0.4, -0.2) is 49.7 Å². The van der Waals surface area contributed by atoms with Crippen LogP contribution >= 0.6 is 0 Å². The van der Waals surface area contributed by atoms with E-state index in [2.05, 4.69) is 0 Å². The van der Waals surface area contributed by atoms with E-state index >= 15 is 0 Å². The van der Waals surface area contributed by atoms with Gasteiger partial charge in [0.1, 0.15) is 0 Å². The molecule has 126 valence electrons. The maximum atomic E-state index is 12.8. The number of amides is 1. The fourth-order valence-corrected chi connectivity index (χ4v) is 4.94. The van der Waals surface area contributed by atoms with Gasteiger partial charge in [-0.25, -0.2) is 8.42 Å². The number of piperidine rings is 1. The quantitative estimate of drug-likeness (QED) is 0.848. The molecule has 0 spiro atoms. The topological polar surface area (TPSA) is 57.7 Å². The van der Waals surface area contributed by atoms with E-state index in [0.717, 1.165) is 44.3 Å². The second kappa shape index (κ2) is 6.61. The number of hydrogen-bond donors (Lipinski definition) is 0. The molecule has 1 aromatic rings. The number of nitrogens with zero attached hydrogens (tertiary/aromatic N) is 2. The standard InChI is InChI=1S/C17H24N2O3S/c1-14-6-8-16(9-7-14)23(21,22)19-12-4-5-15(13-19)17(20)18-10-2-3-11-18/h6-9,15H,2-5,10-13H2,1H3/t15-/m0/s1. The first kappa shape index (κ1) is 16.5. The van der Waals surface area contributed by atoms with Crippen molar-refractivity contribution in [1.82, 2.24) is 9.21 Å². The van der Waals surface area contributed by atoms with Crippen LogP contribution in [0.2, 0.25) is 0 Å². The average molecular weight is 336 g/mol. The molecule has 1 amide bonds. The van der Waals surface area contributed by atoms with Gasteiger partial charge < -0.3 is 4.90 Å². The van der Waals surface area contributed by atoms with E-state index in [1.165, 1.54) is 4.31 Å². The Bertz CT molecular complexity index is 664. The van der Waals surface area contributed by atoms with E-state index in [1.807, 2.05) is 24.0 Å². The van der Waals surface area contributed by atoms with E-state index in [1.54, 1.807) is 12.1 Å². The Morgan fingerprint density at radius 3 is 2.35 bits per heavy atom. The second-order valence-corrected chi connectivity index (χ2v) is 8.49. The van der Waals surface area contributed by atoms with E-state index in [0.29, 0.717) is 18.0 Å². The summed E-state index contributed by atoms with van der Waals surface area (Å²) in [5.74, 6) is -0.0617. The second-order valence-electron chi connectivity index (χ2n) is 6.55. The SMILES string of the molecule is Cc1ccc(S(=O)(=O)N2CCC[C@H](C(=O)N3CCCC3)C2)cc1. The van der Waals surface area contributed by atoms with Gasteiger partial charge in [0.15, 0.2) is 0 Å². The molecule has 2 heterocycles. The Balaban J connectivity index is 1.74. The fourth-order valence-electron chi connectivity index (χ4n) is 3.42. The molecule has 2 aliphatic heterocycles. The molecule has 0 radical (unpaired) electrons. The highest BCUT2D eigenvalue weighted by Gasteiger charge is 2.35. The lowest BCUT2D eigenvalue weighted by atomic mass is 9.98. The maximum Gasteiger partial charge on any atom is 0.243 e. The summed E-state index contributed by atoms with van der Waals surface area (Å²) in [4.78, 5) is 14.8. The van der Waals surface area contributed by atoms with Crippen LogP contribution in [0.25, 0.3) is 0 Å². The van der Waals surface area contributed by atoms with Crippen LogP contribution in [0.1, 0.15) is 31.2 Å². The lowest BCUT2D eigenvalue weighted by Gasteiger charge is -2.33. The van der Waals surface area contributed by atoms with Crippen molar-refractivity contribution in [2.75, 3.05) is 26.2 Å². The maximum absolute atomic E-state index is 12.8. The minimum atomic E-state index is -3.51. The first-order chi connectivity index (χ1) is 11.0. The minimum Gasteiger partial charge on any atom is -0.342 e. The van der Waals surface area contributed by atoms with Crippen LogP contribution in [0.5, 0.6) is 0 Å². The Morgan fingerprint density at radius 1 is 1.04 bits per heavy atom. The number of carbonyl (C=O) groups excluding carboxylic acids is 1. The van der Waals surface area contributed by atoms with Gasteiger partial charge >= 0.3 is 0 Å². The van der Waals surface area contributed by atoms with E-state index in [-0.39, 0.29) is 11.8 Å². The summed E-state index contributed by atoms with van der Waals surface area (Å²) >= 11 is 0. The number of sulfonamides is 1. The lowest BCUT2D eigenvalue weighted by Crippen LogP contribution is -2.46. The molecule has 0 saturated carbocycles. The molecule has 6 heteroatoms. The summed E-state index contributed by atoms with van der Waals surface area (Å²) in [5, 5.41) is 0. The summed E-state index contributed by atoms with van der Waals surface area (Å²) in [6, 6.07) is 6.92. The van der Waals surface area contributed by atoms with Gasteiger partial charge in [-0.05, 0) is 44.7 Å². The molecule has 2 saturated heterocycles. The van der Waals surface area contributed by atoms with E-state index < -0.39 is 10.0 Å². The van der Waals surface area contributed by atoms with Gasteiger partial charge in [-0.2, -0.15) is 4.31 Å². The fraction of sp³-hybridized carbons (Fsp3) is 0.588. The van der Waals surface area contributed by atoms with Gasteiger partial charge in [0.05, 0.1) is 10.8 Å². The van der Waals surface area contributed by atoms with Crippen LogP contribution in [0.4, 0.5) is 0 Å². The highest BCUT2D eigenvalue weighted by Crippen LogP contribution is 2.26. The van der Waals surface area contributed by atoms with Crippen molar-refractivity contribution in [1.29, 1.82) is 0 Å². The number of carbonyl (C=O) groups is 1. The van der Waals surface area contributed by atoms with Crippen molar-refractivity contribution in [3.8, 4) is 0 Å². The first-order valence-electron chi connectivity index (χ1n) is 8.34. The van der Waals surface area contributed by atoms with Gasteiger partial charge in [0.2, 0.25) is 15.9 Å². The Morgan fingerprint density at radius 2 is 1.70 bits per heavy atom. The molecule has 0 aliphatic carbocycles. The van der Waals surface area contributed by atoms with Crippen molar-refractivity contribution in [3.05, 3.63) is 29.8 Å². The normalized spacial score (nSPS) is 23.2. The van der Waals surface area contributed by atoms with Gasteiger partial charge in [0, 0.05) is 26.2 Å². The van der Waals surface area contributed by atoms with Crippen LogP contribution < -0.4 is 0 Å². The highest BCUT2D eigenvalue weighted by atomic mass is 32.2. The number of aryl methyl sites for hydroxylation is 1. The van der Waals surface area contributed by atoms with Gasteiger partial charge in [-0.15, -0.1) is 0 Å². The van der Waals surface area contributed by atoms with E-state index in [4.69, 9.17) is 0 Å². The summed E-state index contributed by atoms with van der Waals surface area (Å²) in [5.41, 5.74) is 1.03. The third-order valence-electron chi connectivity index (χ3n) is 4.81. The molecular weight excluding hydrogens is 312 g/mol. The molecule has 1 atom stereocenters. The smallest absolute Gasteiger partial charge is 0.243 e. The largest absolute Gasteiger partial charge is 0.342 e. The molecule has 0 aromatic heterocycles. The van der Waals surface area contributed by atoms with Crippen molar-refractivity contribution >= 4 is 15.9 Å². The summed E-state index contributed by atoms with van der Waals surface area (Å²) in [6.07, 6.45) is 3.65. The van der Waals surface area contributed by atoms with Crippen molar-refractivity contribution in [2.24, 2.45) is 5.92 Å². The monoisotopic (exact) mass is 336 g/mol. The van der Waals surface area contributed by atoms with Gasteiger partial charge in [0.25, 0.3) is 0 Å². The van der Waals surface area contributed by atoms with Crippen molar-refractivity contribution in [3.63, 3.8) is 0 Å². The van der Waals surface area contributed by atoms with Gasteiger partial charge in [-0.1, -0.05) is 17.7 Å². The number of hydrogen-bond acceptors (Lipinski definition) is 3. The zero-order valence-electron chi connectivity index (χ0n) is 13.6. The predicted octanol–water partition coefficient (Wildman–Crippen LogP) is 2.02. The third-order valence-corrected chi connectivity index (χ3v) is 6.69. The third kappa shape index (κ3) is 3.43. The Hall–Kier alpha value is -1.40. The van der Waals surface area contributed by atoms with Crippen LogP contribution in [0.3, 0.4) is 0 Å². The Kier molecular flexibility index (Phi) is 4.73. The minimum absolute atomic E-state index is 0.131. The van der Waals surface area contributed by atoms with Crippen LogP contribution in [0.15, 0.2) is 29.2 Å². The average Bonchev–Trinajstić information content (AvgIpc) is 3.09. The molecule has 23 heavy (non-hydrogen) atoms. The van der Waals surface area contributed by atoms with Crippen LogP contribution in [-0.2, 0) is 14.8 Å². The molecule has 3 rings (SSSR count). The molecule has 2 fully saturated rings. The number of rotatable bonds is 3. The van der Waals surface area contributed by atoms with Crippen molar-refractivity contribution in [2.45, 2.75) is 37.5 Å². The molecular formula is C17H24N2O3S. The zero-order chi connectivity index (χ0) is 16.4. The Labute approximate surface area is 138 Å². The predicted molar refractivity (Wildman–Crippen MR) is 88.5 cm³/mol. The molecule has 1 aromatic carbocycles.